The highest BCUT2D eigenvalue weighted by Crippen LogP contribution is 2.05. The fourth-order valence-corrected chi connectivity index (χ4v) is 1.86. The maximum Gasteiger partial charge on any atom is 0.123 e. The van der Waals surface area contributed by atoms with E-state index in [1.807, 2.05) is 20.0 Å². The summed E-state index contributed by atoms with van der Waals surface area (Å²) in [5.74, 6) is -0.167. The van der Waals surface area contributed by atoms with E-state index in [4.69, 9.17) is 4.74 Å². The van der Waals surface area contributed by atoms with E-state index >= 15 is 0 Å². The minimum Gasteiger partial charge on any atom is -0.382 e. The smallest absolute Gasteiger partial charge is 0.123 e. The number of halogens is 1. The second-order valence-electron chi connectivity index (χ2n) is 4.67. The predicted octanol–water partition coefficient (Wildman–Crippen LogP) is 2.27. The molecule has 0 spiro atoms. The van der Waals surface area contributed by atoms with Crippen molar-refractivity contribution in [3.63, 3.8) is 0 Å². The lowest BCUT2D eigenvalue weighted by Crippen LogP contribution is -2.29. The Labute approximate surface area is 115 Å². The van der Waals surface area contributed by atoms with E-state index in [1.54, 1.807) is 12.1 Å². The Morgan fingerprint density at radius 3 is 2.89 bits per heavy atom. The molecule has 4 heteroatoms. The van der Waals surface area contributed by atoms with Gasteiger partial charge in [0.05, 0.1) is 0 Å². The van der Waals surface area contributed by atoms with Crippen LogP contribution >= 0.6 is 0 Å². The van der Waals surface area contributed by atoms with Gasteiger partial charge in [0, 0.05) is 32.8 Å². The molecule has 0 aliphatic heterocycles. The number of benzene rings is 1. The molecule has 0 atom stereocenters. The number of rotatable bonds is 10. The van der Waals surface area contributed by atoms with Crippen molar-refractivity contribution >= 4 is 0 Å². The lowest BCUT2D eigenvalue weighted by molar-refractivity contribution is 0.144. The fraction of sp³-hybridized carbons (Fsp3) is 0.600. The summed E-state index contributed by atoms with van der Waals surface area (Å²) in [6, 6.07) is 6.77. The first-order chi connectivity index (χ1) is 9.22. The summed E-state index contributed by atoms with van der Waals surface area (Å²) in [6.07, 6.45) is 1.04. The molecule has 0 fully saturated rings. The largest absolute Gasteiger partial charge is 0.382 e. The van der Waals surface area contributed by atoms with Gasteiger partial charge in [0.1, 0.15) is 5.82 Å². The molecular formula is C15H25FN2O. The molecule has 1 rings (SSSR count). The molecule has 1 aromatic rings. The van der Waals surface area contributed by atoms with Crippen molar-refractivity contribution in [3.05, 3.63) is 35.6 Å². The zero-order valence-corrected chi connectivity index (χ0v) is 12.0. The molecule has 0 unspecified atom stereocenters. The minimum atomic E-state index is -0.167. The second-order valence-corrected chi connectivity index (χ2v) is 4.67. The van der Waals surface area contributed by atoms with E-state index in [9.17, 15) is 4.39 Å². The van der Waals surface area contributed by atoms with Crippen molar-refractivity contribution in [2.75, 3.05) is 39.9 Å². The number of hydrogen-bond acceptors (Lipinski definition) is 3. The molecule has 0 aliphatic carbocycles. The van der Waals surface area contributed by atoms with Gasteiger partial charge < -0.3 is 15.0 Å². The molecule has 0 radical (unpaired) electrons. The van der Waals surface area contributed by atoms with Crippen LogP contribution in [0, 0.1) is 5.82 Å². The average Bonchev–Trinajstić information content (AvgIpc) is 2.37. The highest BCUT2D eigenvalue weighted by atomic mass is 19.1. The maximum atomic E-state index is 13.0. The van der Waals surface area contributed by atoms with Gasteiger partial charge in [-0.3, -0.25) is 0 Å². The highest BCUT2D eigenvalue weighted by molar-refractivity contribution is 5.15. The lowest BCUT2D eigenvalue weighted by Gasteiger charge is -2.17. The van der Waals surface area contributed by atoms with Crippen LogP contribution in [0.5, 0.6) is 0 Å². The number of likely N-dealkylation sites (N-methyl/N-ethyl adjacent to an activating group) is 1. The predicted molar refractivity (Wildman–Crippen MR) is 76.7 cm³/mol. The molecule has 0 aromatic heterocycles. The van der Waals surface area contributed by atoms with Gasteiger partial charge in [0.25, 0.3) is 0 Å². The van der Waals surface area contributed by atoms with Crippen LogP contribution in [0.4, 0.5) is 4.39 Å². The quantitative estimate of drug-likeness (QED) is 0.659. The zero-order chi connectivity index (χ0) is 13.9. The summed E-state index contributed by atoms with van der Waals surface area (Å²) in [6.45, 7) is 7.27. The van der Waals surface area contributed by atoms with E-state index < -0.39 is 0 Å². The van der Waals surface area contributed by atoms with Gasteiger partial charge in [-0.25, -0.2) is 4.39 Å². The molecule has 1 aromatic carbocycles. The number of nitrogens with one attached hydrogen (secondary N) is 1. The SMILES string of the molecule is CCOCCCNCCN(C)Cc1cccc(F)c1. The summed E-state index contributed by atoms with van der Waals surface area (Å²) in [7, 11) is 2.05. The topological polar surface area (TPSA) is 24.5 Å². The number of ether oxygens (including phenoxy) is 1. The fourth-order valence-electron chi connectivity index (χ4n) is 1.86. The summed E-state index contributed by atoms with van der Waals surface area (Å²) in [4.78, 5) is 2.18. The molecule has 0 saturated heterocycles. The lowest BCUT2D eigenvalue weighted by atomic mass is 10.2. The van der Waals surface area contributed by atoms with Crippen molar-refractivity contribution < 1.29 is 9.13 Å². The number of nitrogens with zero attached hydrogens (tertiary/aromatic N) is 1. The molecule has 0 aliphatic rings. The van der Waals surface area contributed by atoms with Crippen molar-refractivity contribution in [2.45, 2.75) is 19.9 Å². The highest BCUT2D eigenvalue weighted by Gasteiger charge is 2.01. The van der Waals surface area contributed by atoms with Gasteiger partial charge in [-0.2, -0.15) is 0 Å². The third-order valence-electron chi connectivity index (χ3n) is 2.86. The summed E-state index contributed by atoms with van der Waals surface area (Å²) >= 11 is 0. The maximum absolute atomic E-state index is 13.0. The minimum absolute atomic E-state index is 0.167. The zero-order valence-electron chi connectivity index (χ0n) is 12.0. The van der Waals surface area contributed by atoms with Crippen molar-refractivity contribution in [1.29, 1.82) is 0 Å². The summed E-state index contributed by atoms with van der Waals surface area (Å²) in [5.41, 5.74) is 1.01. The van der Waals surface area contributed by atoms with Gasteiger partial charge >= 0.3 is 0 Å². The van der Waals surface area contributed by atoms with E-state index in [2.05, 4.69) is 10.2 Å². The van der Waals surface area contributed by atoms with E-state index in [-0.39, 0.29) is 5.82 Å². The van der Waals surface area contributed by atoms with Crippen LogP contribution in [0.1, 0.15) is 18.9 Å². The van der Waals surface area contributed by atoms with Gasteiger partial charge in [0.15, 0.2) is 0 Å². The molecule has 1 N–H and O–H groups in total. The molecular weight excluding hydrogens is 243 g/mol. The van der Waals surface area contributed by atoms with Gasteiger partial charge in [-0.1, -0.05) is 12.1 Å². The third-order valence-corrected chi connectivity index (χ3v) is 2.86. The van der Waals surface area contributed by atoms with E-state index in [0.717, 1.165) is 51.4 Å². The van der Waals surface area contributed by atoms with Crippen LogP contribution in [0.15, 0.2) is 24.3 Å². The number of hydrogen-bond donors (Lipinski definition) is 1. The van der Waals surface area contributed by atoms with Crippen LogP contribution in [0.3, 0.4) is 0 Å². The Morgan fingerprint density at radius 2 is 2.16 bits per heavy atom. The second kappa shape index (κ2) is 9.89. The Morgan fingerprint density at radius 1 is 1.32 bits per heavy atom. The molecule has 108 valence electrons. The summed E-state index contributed by atoms with van der Waals surface area (Å²) < 4.78 is 18.3. The Hall–Kier alpha value is -0.970. The van der Waals surface area contributed by atoms with Crippen LogP contribution < -0.4 is 5.32 Å². The van der Waals surface area contributed by atoms with Gasteiger partial charge in [-0.05, 0) is 44.6 Å². The van der Waals surface area contributed by atoms with Crippen molar-refractivity contribution in [3.8, 4) is 0 Å². The Balaban J connectivity index is 2.06. The standard InChI is InChI=1S/C15H25FN2O/c1-3-19-11-5-8-17-9-10-18(2)13-14-6-4-7-15(16)12-14/h4,6-7,12,17H,3,5,8-11,13H2,1-2H3. The summed E-state index contributed by atoms with van der Waals surface area (Å²) in [5, 5.41) is 3.38. The molecule has 0 bridgehead atoms. The third kappa shape index (κ3) is 7.93. The van der Waals surface area contributed by atoms with Gasteiger partial charge in [0.2, 0.25) is 0 Å². The first-order valence-electron chi connectivity index (χ1n) is 6.94. The van der Waals surface area contributed by atoms with Crippen molar-refractivity contribution in [2.24, 2.45) is 0 Å². The monoisotopic (exact) mass is 268 g/mol. The first kappa shape index (κ1) is 16.1. The van der Waals surface area contributed by atoms with E-state index in [0.29, 0.717) is 0 Å². The average molecular weight is 268 g/mol. The Bertz CT molecular complexity index is 347. The van der Waals surface area contributed by atoms with Crippen LogP contribution in [-0.2, 0) is 11.3 Å². The Kier molecular flexibility index (Phi) is 8.38. The molecule has 3 nitrogen and oxygen atoms in total. The molecule has 0 saturated carbocycles. The van der Waals surface area contributed by atoms with Crippen molar-refractivity contribution in [1.82, 2.24) is 10.2 Å². The van der Waals surface area contributed by atoms with Crippen LogP contribution in [0.25, 0.3) is 0 Å². The normalized spacial score (nSPS) is 11.2. The van der Waals surface area contributed by atoms with Crippen LogP contribution in [-0.4, -0.2) is 44.8 Å². The van der Waals surface area contributed by atoms with Crippen LogP contribution in [0.2, 0.25) is 0 Å². The first-order valence-corrected chi connectivity index (χ1v) is 6.94. The molecule has 19 heavy (non-hydrogen) atoms. The van der Waals surface area contributed by atoms with E-state index in [1.165, 1.54) is 6.07 Å². The molecule has 0 amide bonds. The van der Waals surface area contributed by atoms with Gasteiger partial charge in [-0.15, -0.1) is 0 Å². The molecule has 0 heterocycles.